The smallest absolute Gasteiger partial charge is 0.275 e. The minimum atomic E-state index is -0.473. The molecule has 132 valence electrons. The van der Waals surface area contributed by atoms with Crippen LogP contribution in [0.25, 0.3) is 0 Å². The van der Waals surface area contributed by atoms with E-state index in [1.807, 2.05) is 32.0 Å². The molecule has 3 aromatic rings. The minimum Gasteiger partial charge on any atom is -0.360 e. The summed E-state index contributed by atoms with van der Waals surface area (Å²) in [6, 6.07) is 12.0. The molecule has 0 fully saturated rings. The van der Waals surface area contributed by atoms with E-state index in [2.05, 4.69) is 20.8 Å². The van der Waals surface area contributed by atoms with E-state index in [0.717, 1.165) is 11.1 Å². The van der Waals surface area contributed by atoms with Crippen LogP contribution in [0.4, 0.5) is 11.5 Å². The van der Waals surface area contributed by atoms with Gasteiger partial charge in [0.2, 0.25) is 0 Å². The number of aromatic nitrogens is 2. The molecule has 1 aromatic carbocycles. The molecule has 2 amide bonds. The molecule has 0 saturated heterocycles. The molecule has 2 heterocycles. The van der Waals surface area contributed by atoms with Crippen molar-refractivity contribution in [2.24, 2.45) is 0 Å². The number of carbonyl (C=O) groups excluding carboxylic acids is 2. The highest BCUT2D eigenvalue weighted by molar-refractivity contribution is 6.06. The lowest BCUT2D eigenvalue weighted by atomic mass is 10.1. The maximum atomic E-state index is 12.5. The van der Waals surface area contributed by atoms with Gasteiger partial charge < -0.3 is 15.2 Å². The summed E-state index contributed by atoms with van der Waals surface area (Å²) in [7, 11) is 0. The van der Waals surface area contributed by atoms with Crippen molar-refractivity contribution < 1.29 is 14.1 Å². The number of pyridine rings is 1. The van der Waals surface area contributed by atoms with Crippen LogP contribution in [-0.2, 0) is 0 Å². The Morgan fingerprint density at radius 2 is 1.62 bits per heavy atom. The summed E-state index contributed by atoms with van der Waals surface area (Å²) in [5, 5.41) is 9.08. The molecule has 0 radical (unpaired) electrons. The van der Waals surface area contributed by atoms with Crippen molar-refractivity contribution in [3.63, 3.8) is 0 Å². The number of benzene rings is 1. The van der Waals surface area contributed by atoms with Crippen molar-refractivity contribution in [1.82, 2.24) is 10.1 Å². The zero-order valence-corrected chi connectivity index (χ0v) is 14.7. The van der Waals surface area contributed by atoms with E-state index in [1.165, 1.54) is 6.07 Å². The molecule has 0 bridgehead atoms. The fraction of sp³-hybridized carbons (Fsp3) is 0.158. The zero-order chi connectivity index (χ0) is 18.7. The number of rotatable bonds is 4. The van der Waals surface area contributed by atoms with Gasteiger partial charge in [0.15, 0.2) is 5.82 Å². The number of nitrogens with one attached hydrogen (secondary N) is 2. The van der Waals surface area contributed by atoms with Gasteiger partial charge in [0, 0.05) is 11.8 Å². The van der Waals surface area contributed by atoms with Crippen LogP contribution in [0, 0.1) is 20.8 Å². The largest absolute Gasteiger partial charge is 0.360 e. The topological polar surface area (TPSA) is 97.1 Å². The van der Waals surface area contributed by atoms with Gasteiger partial charge in [-0.15, -0.1) is 0 Å². The first-order valence-corrected chi connectivity index (χ1v) is 8.03. The lowest BCUT2D eigenvalue weighted by Gasteiger charge is -2.09. The highest BCUT2D eigenvalue weighted by Gasteiger charge is 2.14. The average molecular weight is 350 g/mol. The zero-order valence-electron chi connectivity index (χ0n) is 14.7. The van der Waals surface area contributed by atoms with Crippen molar-refractivity contribution in [2.75, 3.05) is 10.6 Å². The van der Waals surface area contributed by atoms with E-state index in [1.54, 1.807) is 25.1 Å². The van der Waals surface area contributed by atoms with E-state index >= 15 is 0 Å². The second-order valence-electron chi connectivity index (χ2n) is 5.96. The summed E-state index contributed by atoms with van der Waals surface area (Å²) in [4.78, 5) is 28.9. The number of carbonyl (C=O) groups is 2. The summed E-state index contributed by atoms with van der Waals surface area (Å²) in [5.74, 6) is 0.0117. The van der Waals surface area contributed by atoms with Gasteiger partial charge in [-0.05, 0) is 44.5 Å². The van der Waals surface area contributed by atoms with Crippen LogP contribution in [0.3, 0.4) is 0 Å². The van der Waals surface area contributed by atoms with E-state index in [-0.39, 0.29) is 17.3 Å². The van der Waals surface area contributed by atoms with Crippen LogP contribution >= 0.6 is 0 Å². The second kappa shape index (κ2) is 7.18. The molecular weight excluding hydrogens is 332 g/mol. The Balaban J connectivity index is 1.75. The molecule has 7 nitrogen and oxygen atoms in total. The van der Waals surface area contributed by atoms with Crippen molar-refractivity contribution in [1.29, 1.82) is 0 Å². The van der Waals surface area contributed by atoms with Crippen molar-refractivity contribution >= 4 is 23.3 Å². The van der Waals surface area contributed by atoms with Gasteiger partial charge >= 0.3 is 0 Å². The molecule has 3 rings (SSSR count). The fourth-order valence-electron chi connectivity index (χ4n) is 2.43. The Kier molecular flexibility index (Phi) is 4.79. The molecule has 2 aromatic heterocycles. The maximum absolute atomic E-state index is 12.5. The highest BCUT2D eigenvalue weighted by Crippen LogP contribution is 2.17. The van der Waals surface area contributed by atoms with Crippen LogP contribution < -0.4 is 10.6 Å². The number of amides is 2. The molecule has 26 heavy (non-hydrogen) atoms. The number of anilines is 2. The molecule has 0 aliphatic carbocycles. The van der Waals surface area contributed by atoms with Crippen molar-refractivity contribution in [2.45, 2.75) is 20.8 Å². The quantitative estimate of drug-likeness (QED) is 0.750. The first kappa shape index (κ1) is 17.3. The first-order chi connectivity index (χ1) is 12.4. The molecule has 0 unspecified atom stereocenters. The third-order valence-electron chi connectivity index (χ3n) is 3.71. The first-order valence-electron chi connectivity index (χ1n) is 8.03. The Labute approximate surface area is 150 Å². The van der Waals surface area contributed by atoms with Crippen LogP contribution in [0.2, 0.25) is 0 Å². The van der Waals surface area contributed by atoms with Gasteiger partial charge in [0.25, 0.3) is 11.8 Å². The van der Waals surface area contributed by atoms with Crippen LogP contribution in [0.15, 0.2) is 47.0 Å². The Morgan fingerprint density at radius 3 is 2.23 bits per heavy atom. The fourth-order valence-corrected chi connectivity index (χ4v) is 2.43. The summed E-state index contributed by atoms with van der Waals surface area (Å²) in [6.07, 6.45) is 0. The molecule has 0 aliphatic rings. The molecule has 0 saturated carbocycles. The normalized spacial score (nSPS) is 10.4. The third-order valence-corrected chi connectivity index (χ3v) is 3.71. The summed E-state index contributed by atoms with van der Waals surface area (Å²) >= 11 is 0. The van der Waals surface area contributed by atoms with Crippen molar-refractivity contribution in [3.8, 4) is 0 Å². The van der Waals surface area contributed by atoms with Crippen LogP contribution in [0.1, 0.15) is 37.9 Å². The molecule has 2 N–H and O–H groups in total. The van der Waals surface area contributed by atoms with Crippen molar-refractivity contribution in [3.05, 3.63) is 70.7 Å². The predicted octanol–water partition coefficient (Wildman–Crippen LogP) is 3.50. The summed E-state index contributed by atoms with van der Waals surface area (Å²) < 4.78 is 4.90. The minimum absolute atomic E-state index is 0.110. The summed E-state index contributed by atoms with van der Waals surface area (Å²) in [6.45, 7) is 5.62. The summed E-state index contributed by atoms with van der Waals surface area (Å²) in [5.41, 5.74) is 3.03. The van der Waals surface area contributed by atoms with Gasteiger partial charge in [0.1, 0.15) is 17.1 Å². The number of nitrogens with zero attached hydrogens (tertiary/aromatic N) is 2. The molecule has 7 heteroatoms. The van der Waals surface area contributed by atoms with Gasteiger partial charge in [-0.1, -0.05) is 28.9 Å². The number of aryl methyl sites for hydroxylation is 3. The molecular formula is C19H18N4O3. The van der Waals surface area contributed by atoms with Gasteiger partial charge in [-0.3, -0.25) is 9.59 Å². The molecule has 0 spiro atoms. The number of hydrogen-bond donors (Lipinski definition) is 2. The predicted molar refractivity (Wildman–Crippen MR) is 97.3 cm³/mol. The van der Waals surface area contributed by atoms with E-state index in [4.69, 9.17) is 4.52 Å². The maximum Gasteiger partial charge on any atom is 0.275 e. The second-order valence-corrected chi connectivity index (χ2v) is 5.96. The van der Waals surface area contributed by atoms with Crippen LogP contribution in [0.5, 0.6) is 0 Å². The SMILES string of the molecule is Cc1ccc(NC(=O)c2cccc(C(=O)Nc3cc(C)on3)n2)c(C)c1. The lowest BCUT2D eigenvalue weighted by Crippen LogP contribution is -2.19. The Hall–Kier alpha value is -3.48. The highest BCUT2D eigenvalue weighted by atomic mass is 16.5. The number of hydrogen-bond acceptors (Lipinski definition) is 5. The average Bonchev–Trinajstić information content (AvgIpc) is 3.02. The lowest BCUT2D eigenvalue weighted by molar-refractivity contribution is 0.101. The van der Waals surface area contributed by atoms with Gasteiger partial charge in [-0.2, -0.15) is 0 Å². The van der Waals surface area contributed by atoms with E-state index in [9.17, 15) is 9.59 Å². The van der Waals surface area contributed by atoms with Gasteiger partial charge in [0.05, 0.1) is 0 Å². The Bertz CT molecular complexity index is 978. The monoisotopic (exact) mass is 350 g/mol. The van der Waals surface area contributed by atoms with Crippen LogP contribution in [-0.4, -0.2) is 22.0 Å². The standard InChI is InChI=1S/C19H18N4O3/c1-11-7-8-14(12(2)9-11)21-18(24)15-5-4-6-16(20-15)19(25)22-17-10-13(3)26-23-17/h4-10H,1-3H3,(H,21,24)(H,22,23,25). The Morgan fingerprint density at radius 1 is 0.923 bits per heavy atom. The van der Waals surface area contributed by atoms with Gasteiger partial charge in [-0.25, -0.2) is 4.98 Å². The molecule has 0 atom stereocenters. The molecule has 0 aliphatic heterocycles. The van der Waals surface area contributed by atoms with E-state index < -0.39 is 5.91 Å². The third kappa shape index (κ3) is 3.94. The van der Waals surface area contributed by atoms with E-state index in [0.29, 0.717) is 17.3 Å².